The van der Waals surface area contributed by atoms with Crippen molar-refractivity contribution in [3.8, 4) is 11.5 Å². The van der Waals surface area contributed by atoms with Crippen molar-refractivity contribution < 1.29 is 19.4 Å². The fraction of sp³-hybridized carbons (Fsp3) is 0.481. The van der Waals surface area contributed by atoms with Gasteiger partial charge in [0.25, 0.3) is 0 Å². The Morgan fingerprint density at radius 3 is 2.59 bits per heavy atom. The van der Waals surface area contributed by atoms with E-state index in [4.69, 9.17) is 4.74 Å². The predicted octanol–water partition coefficient (Wildman–Crippen LogP) is 2.65. The molecule has 3 N–H and O–H groups in total. The number of phenolic OH excluding ortho intramolecular Hbond substituents is 1. The summed E-state index contributed by atoms with van der Waals surface area (Å²) in [5, 5.41) is 15.3. The van der Waals surface area contributed by atoms with Gasteiger partial charge in [0.2, 0.25) is 11.8 Å². The van der Waals surface area contributed by atoms with E-state index in [0.717, 1.165) is 37.1 Å². The Morgan fingerprint density at radius 2 is 1.79 bits per heavy atom. The summed E-state index contributed by atoms with van der Waals surface area (Å²) >= 11 is 0. The molecule has 0 saturated carbocycles. The Labute approximate surface area is 201 Å². The van der Waals surface area contributed by atoms with E-state index in [1.807, 2.05) is 12.1 Å². The predicted molar refractivity (Wildman–Crippen MR) is 131 cm³/mol. The van der Waals surface area contributed by atoms with Crippen LogP contribution < -0.4 is 15.4 Å². The fourth-order valence-electron chi connectivity index (χ4n) is 5.02. The van der Waals surface area contributed by atoms with Gasteiger partial charge >= 0.3 is 0 Å². The zero-order valence-electron chi connectivity index (χ0n) is 19.9. The second-order valence-corrected chi connectivity index (χ2v) is 9.53. The lowest BCUT2D eigenvalue weighted by atomic mass is 9.88. The summed E-state index contributed by atoms with van der Waals surface area (Å²) in [6.07, 6.45) is 4.26. The third kappa shape index (κ3) is 6.73. The number of hydrogen-bond acceptors (Lipinski definition) is 5. The number of likely N-dealkylation sites (tertiary alicyclic amines) is 1. The van der Waals surface area contributed by atoms with Crippen molar-refractivity contribution in [3.63, 3.8) is 0 Å². The average Bonchev–Trinajstić information content (AvgIpc) is 3.29. The van der Waals surface area contributed by atoms with E-state index < -0.39 is 0 Å². The number of carbonyl (C=O) groups is 2. The largest absolute Gasteiger partial charge is 0.508 e. The van der Waals surface area contributed by atoms with Crippen LogP contribution in [0.4, 0.5) is 0 Å². The van der Waals surface area contributed by atoms with Gasteiger partial charge in [-0.25, -0.2) is 0 Å². The van der Waals surface area contributed by atoms with Crippen molar-refractivity contribution in [2.75, 3.05) is 32.8 Å². The van der Waals surface area contributed by atoms with Crippen molar-refractivity contribution in [3.05, 3.63) is 59.2 Å². The summed E-state index contributed by atoms with van der Waals surface area (Å²) < 4.78 is 6.20. The molecule has 1 aliphatic carbocycles. The first-order valence-corrected chi connectivity index (χ1v) is 12.2. The molecule has 0 aromatic heterocycles. The summed E-state index contributed by atoms with van der Waals surface area (Å²) in [5.74, 6) is 1.16. The number of carbonyl (C=O) groups excluding carboxylic acids is 2. The number of nitrogens with zero attached hydrogens (tertiary/aromatic N) is 1. The van der Waals surface area contributed by atoms with Crippen molar-refractivity contribution in [1.29, 1.82) is 0 Å². The second-order valence-electron chi connectivity index (χ2n) is 9.53. The molecule has 0 unspecified atom stereocenters. The number of aromatic hydroxyl groups is 1. The van der Waals surface area contributed by atoms with Crippen molar-refractivity contribution in [2.24, 2.45) is 11.8 Å². The molecular weight excluding hydrogens is 430 g/mol. The van der Waals surface area contributed by atoms with Gasteiger partial charge in [0.1, 0.15) is 11.5 Å². The molecule has 182 valence electrons. The van der Waals surface area contributed by atoms with E-state index >= 15 is 0 Å². The van der Waals surface area contributed by atoms with Crippen molar-refractivity contribution in [2.45, 2.75) is 39.2 Å². The summed E-state index contributed by atoms with van der Waals surface area (Å²) in [6, 6.07) is 13.6. The highest BCUT2D eigenvalue weighted by atomic mass is 16.5. The van der Waals surface area contributed by atoms with E-state index in [0.29, 0.717) is 32.8 Å². The molecular formula is C27H35N3O4. The summed E-state index contributed by atoms with van der Waals surface area (Å²) in [4.78, 5) is 26.3. The minimum Gasteiger partial charge on any atom is -0.508 e. The lowest BCUT2D eigenvalue weighted by Crippen LogP contribution is -2.48. The van der Waals surface area contributed by atoms with E-state index in [9.17, 15) is 14.7 Å². The number of ether oxygens (including phenoxy) is 1. The minimum absolute atomic E-state index is 0.0169. The number of phenols is 1. The van der Waals surface area contributed by atoms with Gasteiger partial charge in [-0.15, -0.1) is 0 Å². The van der Waals surface area contributed by atoms with Crippen LogP contribution in [0.1, 0.15) is 36.5 Å². The molecule has 0 bridgehead atoms. The monoisotopic (exact) mass is 465 g/mol. The number of benzene rings is 2. The van der Waals surface area contributed by atoms with Crippen LogP contribution in [0.3, 0.4) is 0 Å². The number of amides is 2. The standard InChI is InChI=1S/C27H35N3O4/c1-19(31)28-11-12-29-27(33)24-13-21(16-30(17-24)15-20-5-8-25(32)9-6-20)18-34-26-10-7-22-3-2-4-23(22)14-26/h5-10,14,21,24,32H,2-4,11-13,15-18H2,1H3,(H,28,31)(H,29,33)/t21-,24+/m0/s1. The Morgan fingerprint density at radius 1 is 1.03 bits per heavy atom. The summed E-state index contributed by atoms with van der Waals surface area (Å²) in [7, 11) is 0. The molecule has 1 saturated heterocycles. The Kier molecular flexibility index (Phi) is 8.06. The van der Waals surface area contributed by atoms with Gasteiger partial charge in [0.15, 0.2) is 0 Å². The number of rotatable bonds is 9. The van der Waals surface area contributed by atoms with Crippen LogP contribution in [0.15, 0.2) is 42.5 Å². The Bertz CT molecular complexity index is 992. The van der Waals surface area contributed by atoms with Crippen LogP contribution in [-0.4, -0.2) is 54.6 Å². The van der Waals surface area contributed by atoms with E-state index in [1.165, 1.54) is 24.5 Å². The first-order valence-electron chi connectivity index (χ1n) is 12.2. The van der Waals surface area contributed by atoms with Gasteiger partial charge < -0.3 is 20.5 Å². The molecule has 1 aliphatic heterocycles. The van der Waals surface area contributed by atoms with Crippen LogP contribution in [0, 0.1) is 11.8 Å². The highest BCUT2D eigenvalue weighted by Gasteiger charge is 2.32. The zero-order valence-corrected chi connectivity index (χ0v) is 19.9. The first kappa shape index (κ1) is 24.1. The molecule has 34 heavy (non-hydrogen) atoms. The molecule has 2 aliphatic rings. The van der Waals surface area contributed by atoms with Gasteiger partial charge in [0.05, 0.1) is 12.5 Å². The summed E-state index contributed by atoms with van der Waals surface area (Å²) in [6.45, 7) is 5.12. The Hall–Kier alpha value is -3.06. The number of piperidine rings is 1. The lowest BCUT2D eigenvalue weighted by molar-refractivity contribution is -0.128. The molecule has 1 fully saturated rings. The highest BCUT2D eigenvalue weighted by Crippen LogP contribution is 2.28. The highest BCUT2D eigenvalue weighted by molar-refractivity contribution is 5.79. The topological polar surface area (TPSA) is 90.9 Å². The first-order chi connectivity index (χ1) is 16.5. The van der Waals surface area contributed by atoms with E-state index in [1.54, 1.807) is 12.1 Å². The minimum atomic E-state index is -0.142. The molecule has 7 heteroatoms. The number of nitrogens with one attached hydrogen (secondary N) is 2. The number of fused-ring (bicyclic) bond motifs is 1. The molecule has 4 rings (SSSR count). The maximum Gasteiger partial charge on any atom is 0.224 e. The average molecular weight is 466 g/mol. The van der Waals surface area contributed by atoms with Gasteiger partial charge in [-0.05, 0) is 66.6 Å². The SMILES string of the molecule is CC(=O)NCCNC(=O)[C@@H]1C[C@H](COc2ccc3c(c2)CCC3)CN(Cc2ccc(O)cc2)C1. The molecule has 2 aromatic carbocycles. The van der Waals surface area contributed by atoms with Gasteiger partial charge in [0, 0.05) is 45.6 Å². The molecule has 1 heterocycles. The van der Waals surface area contributed by atoms with Crippen LogP contribution in [0.2, 0.25) is 0 Å². The van der Waals surface area contributed by atoms with E-state index in [-0.39, 0.29) is 29.4 Å². The molecule has 0 radical (unpaired) electrons. The molecule has 0 spiro atoms. The fourth-order valence-corrected chi connectivity index (χ4v) is 5.02. The van der Waals surface area contributed by atoms with Crippen molar-refractivity contribution in [1.82, 2.24) is 15.5 Å². The van der Waals surface area contributed by atoms with Gasteiger partial charge in [-0.2, -0.15) is 0 Å². The van der Waals surface area contributed by atoms with Gasteiger partial charge in [-0.3, -0.25) is 14.5 Å². The van der Waals surface area contributed by atoms with Crippen LogP contribution in [0.5, 0.6) is 11.5 Å². The third-order valence-electron chi connectivity index (χ3n) is 6.68. The molecule has 2 amide bonds. The molecule has 2 atom stereocenters. The normalized spacial score (nSPS) is 19.9. The maximum atomic E-state index is 12.9. The van der Waals surface area contributed by atoms with Gasteiger partial charge in [-0.1, -0.05) is 18.2 Å². The van der Waals surface area contributed by atoms with Crippen LogP contribution >= 0.6 is 0 Å². The molecule has 7 nitrogen and oxygen atoms in total. The number of aryl methyl sites for hydroxylation is 2. The quantitative estimate of drug-likeness (QED) is 0.496. The smallest absolute Gasteiger partial charge is 0.224 e. The van der Waals surface area contributed by atoms with Crippen LogP contribution in [0.25, 0.3) is 0 Å². The zero-order chi connectivity index (χ0) is 23.9. The Balaban J connectivity index is 1.37. The maximum absolute atomic E-state index is 12.9. The molecule has 2 aromatic rings. The van der Waals surface area contributed by atoms with E-state index in [2.05, 4.69) is 33.7 Å². The summed E-state index contributed by atoms with van der Waals surface area (Å²) in [5.41, 5.74) is 3.93. The second kappa shape index (κ2) is 11.4. The van der Waals surface area contributed by atoms with Crippen molar-refractivity contribution >= 4 is 11.8 Å². The lowest BCUT2D eigenvalue weighted by Gasteiger charge is -2.37. The van der Waals surface area contributed by atoms with Crippen LogP contribution in [-0.2, 0) is 29.0 Å². The third-order valence-corrected chi connectivity index (χ3v) is 6.68. The number of hydrogen-bond donors (Lipinski definition) is 3.